The molecule has 0 saturated carbocycles. The summed E-state index contributed by atoms with van der Waals surface area (Å²) in [4.78, 5) is 0. The van der Waals surface area contributed by atoms with Gasteiger partial charge in [0.05, 0.1) is 0 Å². The normalized spacial score (nSPS) is 10.7. The Hall–Kier alpha value is -1.32. The zero-order valence-electron chi connectivity index (χ0n) is 12.4. The van der Waals surface area contributed by atoms with Crippen molar-refractivity contribution >= 4 is 15.9 Å². The first-order chi connectivity index (χ1) is 9.51. The SMILES string of the molecule is CNCc1ccc(Oc2cc(C)c(Br)c(C)c2)c(C)c1. The third-order valence-electron chi connectivity index (χ3n) is 3.26. The van der Waals surface area contributed by atoms with Gasteiger partial charge in [-0.3, -0.25) is 0 Å². The Morgan fingerprint density at radius 1 is 1.00 bits per heavy atom. The first-order valence-electron chi connectivity index (χ1n) is 6.70. The molecule has 0 atom stereocenters. The number of ether oxygens (including phenoxy) is 1. The number of nitrogens with one attached hydrogen (secondary N) is 1. The largest absolute Gasteiger partial charge is 0.457 e. The Kier molecular flexibility index (Phi) is 4.84. The highest BCUT2D eigenvalue weighted by atomic mass is 79.9. The molecule has 0 amide bonds. The van der Waals surface area contributed by atoms with Crippen LogP contribution >= 0.6 is 15.9 Å². The van der Waals surface area contributed by atoms with Gasteiger partial charge in [0.15, 0.2) is 0 Å². The summed E-state index contributed by atoms with van der Waals surface area (Å²) in [6, 6.07) is 10.4. The van der Waals surface area contributed by atoms with Crippen LogP contribution in [0.2, 0.25) is 0 Å². The molecule has 2 aromatic rings. The first kappa shape index (κ1) is 15.1. The number of halogens is 1. The Labute approximate surface area is 129 Å². The van der Waals surface area contributed by atoms with Crippen molar-refractivity contribution in [3.63, 3.8) is 0 Å². The molecule has 0 saturated heterocycles. The summed E-state index contributed by atoms with van der Waals surface area (Å²) in [6.07, 6.45) is 0. The number of aryl methyl sites for hydroxylation is 3. The Morgan fingerprint density at radius 3 is 2.20 bits per heavy atom. The van der Waals surface area contributed by atoms with Gasteiger partial charge in [-0.05, 0) is 68.3 Å². The van der Waals surface area contributed by atoms with Gasteiger partial charge in [-0.15, -0.1) is 0 Å². The topological polar surface area (TPSA) is 21.3 Å². The van der Waals surface area contributed by atoms with E-state index in [1.54, 1.807) is 0 Å². The molecule has 20 heavy (non-hydrogen) atoms. The summed E-state index contributed by atoms with van der Waals surface area (Å²) in [7, 11) is 1.95. The van der Waals surface area contributed by atoms with Crippen molar-refractivity contribution in [2.45, 2.75) is 27.3 Å². The lowest BCUT2D eigenvalue weighted by atomic mass is 10.1. The number of benzene rings is 2. The van der Waals surface area contributed by atoms with E-state index < -0.39 is 0 Å². The van der Waals surface area contributed by atoms with Crippen molar-refractivity contribution in [2.24, 2.45) is 0 Å². The second-order valence-corrected chi connectivity index (χ2v) is 5.90. The monoisotopic (exact) mass is 333 g/mol. The van der Waals surface area contributed by atoms with E-state index in [2.05, 4.69) is 66.3 Å². The van der Waals surface area contributed by atoms with E-state index in [1.165, 1.54) is 16.7 Å². The molecule has 0 aliphatic heterocycles. The Bertz CT molecular complexity index is 599. The predicted octanol–water partition coefficient (Wildman–Crippen LogP) is 4.89. The summed E-state index contributed by atoms with van der Waals surface area (Å²) in [5.74, 6) is 1.79. The minimum Gasteiger partial charge on any atom is -0.457 e. The first-order valence-corrected chi connectivity index (χ1v) is 7.49. The quantitative estimate of drug-likeness (QED) is 0.860. The summed E-state index contributed by atoms with van der Waals surface area (Å²) in [5, 5.41) is 3.16. The highest BCUT2D eigenvalue weighted by Crippen LogP contribution is 2.31. The number of rotatable bonds is 4. The molecule has 0 aliphatic carbocycles. The van der Waals surface area contributed by atoms with Gasteiger partial charge < -0.3 is 10.1 Å². The molecule has 0 unspecified atom stereocenters. The molecule has 1 N–H and O–H groups in total. The number of hydrogen-bond donors (Lipinski definition) is 1. The zero-order valence-corrected chi connectivity index (χ0v) is 14.0. The van der Waals surface area contributed by atoms with Crippen LogP contribution < -0.4 is 10.1 Å². The van der Waals surface area contributed by atoms with E-state index in [0.717, 1.165) is 28.1 Å². The molecule has 0 aliphatic rings. The highest BCUT2D eigenvalue weighted by molar-refractivity contribution is 9.10. The van der Waals surface area contributed by atoms with E-state index in [0.29, 0.717) is 0 Å². The third-order valence-corrected chi connectivity index (χ3v) is 4.51. The van der Waals surface area contributed by atoms with Crippen molar-refractivity contribution in [3.8, 4) is 11.5 Å². The maximum atomic E-state index is 6.02. The van der Waals surface area contributed by atoms with Crippen LogP contribution in [0.25, 0.3) is 0 Å². The summed E-state index contributed by atoms with van der Waals surface area (Å²) in [5.41, 5.74) is 4.78. The average molecular weight is 334 g/mol. The van der Waals surface area contributed by atoms with E-state index in [-0.39, 0.29) is 0 Å². The van der Waals surface area contributed by atoms with Gasteiger partial charge in [0.25, 0.3) is 0 Å². The minimum absolute atomic E-state index is 0.873. The fraction of sp³-hybridized carbons (Fsp3) is 0.294. The molecule has 0 fully saturated rings. The summed E-state index contributed by atoms with van der Waals surface area (Å²) >= 11 is 3.58. The molecule has 2 rings (SSSR count). The van der Waals surface area contributed by atoms with Gasteiger partial charge in [-0.25, -0.2) is 0 Å². The molecular formula is C17H20BrNO. The van der Waals surface area contributed by atoms with Crippen LogP contribution in [0, 0.1) is 20.8 Å². The molecule has 0 radical (unpaired) electrons. The van der Waals surface area contributed by atoms with Crippen molar-refractivity contribution in [3.05, 3.63) is 57.1 Å². The van der Waals surface area contributed by atoms with Gasteiger partial charge in [-0.1, -0.05) is 28.1 Å². The molecule has 2 nitrogen and oxygen atoms in total. The molecule has 106 valence electrons. The second-order valence-electron chi connectivity index (χ2n) is 5.10. The van der Waals surface area contributed by atoms with Gasteiger partial charge in [0.2, 0.25) is 0 Å². The zero-order chi connectivity index (χ0) is 14.7. The van der Waals surface area contributed by atoms with Gasteiger partial charge in [-0.2, -0.15) is 0 Å². The standard InChI is InChI=1S/C17H20BrNO/c1-11-7-14(10-19-4)5-6-16(11)20-15-8-12(2)17(18)13(3)9-15/h5-9,19H,10H2,1-4H3. The van der Waals surface area contributed by atoms with Crippen molar-refractivity contribution < 1.29 is 4.74 Å². The molecule has 3 heteroatoms. The van der Waals surface area contributed by atoms with E-state index in [9.17, 15) is 0 Å². The minimum atomic E-state index is 0.873. The van der Waals surface area contributed by atoms with Crippen LogP contribution in [-0.4, -0.2) is 7.05 Å². The van der Waals surface area contributed by atoms with E-state index >= 15 is 0 Å². The van der Waals surface area contributed by atoms with Crippen LogP contribution in [0.1, 0.15) is 22.3 Å². The van der Waals surface area contributed by atoms with E-state index in [4.69, 9.17) is 4.74 Å². The van der Waals surface area contributed by atoms with Crippen LogP contribution in [0.3, 0.4) is 0 Å². The Balaban J connectivity index is 2.26. The maximum absolute atomic E-state index is 6.02. The molecule has 0 aromatic heterocycles. The lowest BCUT2D eigenvalue weighted by molar-refractivity contribution is 0.477. The van der Waals surface area contributed by atoms with Crippen LogP contribution in [0.4, 0.5) is 0 Å². The van der Waals surface area contributed by atoms with Gasteiger partial charge in [0, 0.05) is 11.0 Å². The van der Waals surface area contributed by atoms with Crippen LogP contribution in [0.5, 0.6) is 11.5 Å². The fourth-order valence-electron chi connectivity index (χ4n) is 2.23. The lowest BCUT2D eigenvalue weighted by Crippen LogP contribution is -2.05. The second kappa shape index (κ2) is 6.42. The van der Waals surface area contributed by atoms with Crippen molar-refractivity contribution in [2.75, 3.05) is 7.05 Å². The van der Waals surface area contributed by atoms with Gasteiger partial charge in [0.1, 0.15) is 11.5 Å². The van der Waals surface area contributed by atoms with E-state index in [1.807, 2.05) is 13.1 Å². The van der Waals surface area contributed by atoms with Gasteiger partial charge >= 0.3 is 0 Å². The summed E-state index contributed by atoms with van der Waals surface area (Å²) in [6.45, 7) is 7.10. The Morgan fingerprint density at radius 2 is 1.65 bits per heavy atom. The van der Waals surface area contributed by atoms with Crippen molar-refractivity contribution in [1.82, 2.24) is 5.32 Å². The summed E-state index contributed by atoms with van der Waals surface area (Å²) < 4.78 is 7.16. The molecular weight excluding hydrogens is 314 g/mol. The molecule has 0 spiro atoms. The lowest BCUT2D eigenvalue weighted by Gasteiger charge is -2.12. The highest BCUT2D eigenvalue weighted by Gasteiger charge is 2.06. The third kappa shape index (κ3) is 3.41. The molecule has 0 heterocycles. The number of hydrogen-bond acceptors (Lipinski definition) is 2. The molecule has 2 aromatic carbocycles. The predicted molar refractivity (Wildman–Crippen MR) is 87.6 cm³/mol. The maximum Gasteiger partial charge on any atom is 0.130 e. The average Bonchev–Trinajstić information content (AvgIpc) is 2.39. The van der Waals surface area contributed by atoms with Crippen molar-refractivity contribution in [1.29, 1.82) is 0 Å². The molecule has 0 bridgehead atoms. The van der Waals surface area contributed by atoms with Crippen LogP contribution in [-0.2, 0) is 6.54 Å². The van der Waals surface area contributed by atoms with Crippen LogP contribution in [0.15, 0.2) is 34.8 Å². The fourth-order valence-corrected chi connectivity index (χ4v) is 2.46. The smallest absolute Gasteiger partial charge is 0.130 e.